The Morgan fingerprint density at radius 3 is 2.36 bits per heavy atom. The van der Waals surface area contributed by atoms with Crippen LogP contribution in [0, 0.1) is 11.8 Å². The van der Waals surface area contributed by atoms with Crippen LogP contribution in [0.4, 0.5) is 4.79 Å². The molecule has 0 aromatic heterocycles. The summed E-state index contributed by atoms with van der Waals surface area (Å²) in [6.45, 7) is 2.89. The summed E-state index contributed by atoms with van der Waals surface area (Å²) in [6.07, 6.45) is 5.97. The zero-order valence-electron chi connectivity index (χ0n) is 16.2. The van der Waals surface area contributed by atoms with E-state index in [-0.39, 0.29) is 23.9 Å². The van der Waals surface area contributed by atoms with E-state index >= 15 is 0 Å². The van der Waals surface area contributed by atoms with Crippen molar-refractivity contribution in [2.45, 2.75) is 70.4 Å². The van der Waals surface area contributed by atoms with Crippen molar-refractivity contribution in [3.63, 3.8) is 0 Å². The monoisotopic (exact) mass is 393 g/mol. The molecular formula is C19H27N3O6. The first-order valence-corrected chi connectivity index (χ1v) is 10.3. The van der Waals surface area contributed by atoms with Crippen LogP contribution in [0.1, 0.15) is 58.3 Å². The molecule has 28 heavy (non-hydrogen) atoms. The first kappa shape index (κ1) is 19.2. The Kier molecular flexibility index (Phi) is 5.27. The summed E-state index contributed by atoms with van der Waals surface area (Å²) in [5.41, 5.74) is 0. The lowest BCUT2D eigenvalue weighted by atomic mass is 9.81. The lowest BCUT2D eigenvalue weighted by Crippen LogP contribution is -2.48. The highest BCUT2D eigenvalue weighted by Gasteiger charge is 2.53. The standard InChI is InChI=1S/C19H27N3O6/c1-2-3-10-27-21-12-8-9-15(20(11-12)19(21)26)18(25)28-22-16(23)13-6-4-5-7-14(13)17(22)24/h12-15H,2-11H2,1H3/t12?,13?,14?,15-/m0/s1. The minimum atomic E-state index is -0.799. The molecule has 2 bridgehead atoms. The summed E-state index contributed by atoms with van der Waals surface area (Å²) in [4.78, 5) is 62.7. The van der Waals surface area contributed by atoms with E-state index in [0.29, 0.717) is 43.9 Å². The number of rotatable bonds is 6. The normalized spacial score (nSPS) is 32.2. The smallest absolute Gasteiger partial charge is 0.328 e. The molecule has 1 saturated carbocycles. The van der Waals surface area contributed by atoms with Gasteiger partial charge in [0.15, 0.2) is 0 Å². The van der Waals surface area contributed by atoms with Crippen molar-refractivity contribution >= 4 is 23.8 Å². The van der Waals surface area contributed by atoms with Gasteiger partial charge in [0.25, 0.3) is 11.8 Å². The van der Waals surface area contributed by atoms with Gasteiger partial charge in [0.1, 0.15) is 6.04 Å². The Bertz CT molecular complexity index is 659. The Morgan fingerprint density at radius 2 is 1.71 bits per heavy atom. The molecule has 0 aromatic rings. The zero-order valence-corrected chi connectivity index (χ0v) is 16.2. The predicted molar refractivity (Wildman–Crippen MR) is 95.0 cm³/mol. The molecule has 0 spiro atoms. The molecule has 3 heterocycles. The summed E-state index contributed by atoms with van der Waals surface area (Å²) in [7, 11) is 0. The van der Waals surface area contributed by atoms with Gasteiger partial charge in [0.2, 0.25) is 0 Å². The highest BCUT2D eigenvalue weighted by atomic mass is 16.7. The van der Waals surface area contributed by atoms with Crippen LogP contribution in [0.15, 0.2) is 0 Å². The van der Waals surface area contributed by atoms with Crippen molar-refractivity contribution in [2.75, 3.05) is 13.2 Å². The highest BCUT2D eigenvalue weighted by molar-refractivity contribution is 6.05. The van der Waals surface area contributed by atoms with E-state index in [1.54, 1.807) is 0 Å². The van der Waals surface area contributed by atoms with Crippen LogP contribution >= 0.6 is 0 Å². The van der Waals surface area contributed by atoms with E-state index in [9.17, 15) is 19.2 Å². The molecule has 9 nitrogen and oxygen atoms in total. The van der Waals surface area contributed by atoms with Crippen molar-refractivity contribution in [3.8, 4) is 0 Å². The third kappa shape index (κ3) is 3.15. The largest absolute Gasteiger partial charge is 0.355 e. The molecular weight excluding hydrogens is 366 g/mol. The maximum Gasteiger partial charge on any atom is 0.355 e. The van der Waals surface area contributed by atoms with Crippen molar-refractivity contribution in [2.24, 2.45) is 11.8 Å². The van der Waals surface area contributed by atoms with Crippen molar-refractivity contribution in [3.05, 3.63) is 0 Å². The summed E-state index contributed by atoms with van der Waals surface area (Å²) in [5, 5.41) is 2.02. The fourth-order valence-electron chi connectivity index (χ4n) is 4.72. The number of hydrogen-bond donors (Lipinski definition) is 0. The lowest BCUT2D eigenvalue weighted by Gasteiger charge is -2.29. The van der Waals surface area contributed by atoms with Crippen LogP contribution in [-0.4, -0.2) is 64.1 Å². The third-order valence-corrected chi connectivity index (χ3v) is 6.31. The summed E-state index contributed by atoms with van der Waals surface area (Å²) in [6, 6.07) is -1.23. The molecule has 3 saturated heterocycles. The van der Waals surface area contributed by atoms with Gasteiger partial charge >= 0.3 is 12.0 Å². The summed E-state index contributed by atoms with van der Waals surface area (Å²) in [5.74, 6) is -2.31. The Hall–Kier alpha value is -2.16. The van der Waals surface area contributed by atoms with Gasteiger partial charge in [-0.3, -0.25) is 14.4 Å². The number of carbonyl (C=O) groups excluding carboxylic acids is 4. The average molecular weight is 393 g/mol. The molecule has 3 unspecified atom stereocenters. The zero-order chi connectivity index (χ0) is 19.8. The van der Waals surface area contributed by atoms with E-state index < -0.39 is 23.8 Å². The van der Waals surface area contributed by atoms with Gasteiger partial charge in [0.05, 0.1) is 24.5 Å². The van der Waals surface area contributed by atoms with Gasteiger partial charge in [0, 0.05) is 6.54 Å². The number of hydroxylamine groups is 4. The quantitative estimate of drug-likeness (QED) is 0.503. The topological polar surface area (TPSA) is 96.5 Å². The number of fused-ring (bicyclic) bond motifs is 3. The van der Waals surface area contributed by atoms with Crippen molar-refractivity contribution < 1.29 is 28.9 Å². The first-order valence-electron chi connectivity index (χ1n) is 10.3. The molecule has 3 aliphatic heterocycles. The molecule has 4 rings (SSSR count). The van der Waals surface area contributed by atoms with Gasteiger partial charge in [-0.05, 0) is 32.1 Å². The van der Waals surface area contributed by atoms with E-state index in [4.69, 9.17) is 9.68 Å². The fourth-order valence-corrected chi connectivity index (χ4v) is 4.72. The molecule has 4 aliphatic rings. The number of imide groups is 1. The van der Waals surface area contributed by atoms with E-state index in [2.05, 4.69) is 0 Å². The molecule has 154 valence electrons. The van der Waals surface area contributed by atoms with Gasteiger partial charge in [-0.1, -0.05) is 26.2 Å². The van der Waals surface area contributed by atoms with Crippen LogP contribution in [0.25, 0.3) is 0 Å². The number of nitrogens with zero attached hydrogens (tertiary/aromatic N) is 3. The van der Waals surface area contributed by atoms with Gasteiger partial charge in [-0.15, -0.1) is 5.06 Å². The number of unbranched alkanes of at least 4 members (excludes halogenated alkanes) is 1. The average Bonchev–Trinajstić information content (AvgIpc) is 3.09. The molecule has 4 amide bonds. The molecule has 0 radical (unpaired) electrons. The molecule has 0 aromatic carbocycles. The van der Waals surface area contributed by atoms with E-state index in [1.165, 1.54) is 9.96 Å². The van der Waals surface area contributed by atoms with Crippen LogP contribution in [-0.2, 0) is 24.1 Å². The summed E-state index contributed by atoms with van der Waals surface area (Å²) >= 11 is 0. The molecule has 1 aliphatic carbocycles. The van der Waals surface area contributed by atoms with Crippen molar-refractivity contribution in [1.82, 2.24) is 15.0 Å². The maximum absolute atomic E-state index is 12.7. The maximum atomic E-state index is 12.7. The number of hydrogen-bond acceptors (Lipinski definition) is 6. The second-order valence-electron chi connectivity index (χ2n) is 8.07. The van der Waals surface area contributed by atoms with Gasteiger partial charge < -0.3 is 9.74 Å². The molecule has 4 atom stereocenters. The second-order valence-corrected chi connectivity index (χ2v) is 8.07. The SMILES string of the molecule is CCCCON1C(=O)N2CC1CC[C@H]2C(=O)ON1C(=O)C2CCCCC2C1=O. The van der Waals surface area contributed by atoms with Crippen molar-refractivity contribution in [1.29, 1.82) is 0 Å². The van der Waals surface area contributed by atoms with Crippen LogP contribution in [0.5, 0.6) is 0 Å². The minimum absolute atomic E-state index is 0.0775. The summed E-state index contributed by atoms with van der Waals surface area (Å²) < 4.78 is 0. The molecule has 0 N–H and O–H groups in total. The molecule has 4 fully saturated rings. The highest BCUT2D eigenvalue weighted by Crippen LogP contribution is 2.38. The number of amides is 4. The molecule has 9 heteroatoms. The Balaban J connectivity index is 1.40. The van der Waals surface area contributed by atoms with E-state index in [0.717, 1.165) is 25.7 Å². The fraction of sp³-hybridized carbons (Fsp3) is 0.789. The number of urea groups is 1. The number of piperidine rings is 1. The van der Waals surface area contributed by atoms with Crippen LogP contribution in [0.3, 0.4) is 0 Å². The van der Waals surface area contributed by atoms with Crippen LogP contribution in [0.2, 0.25) is 0 Å². The number of carbonyl (C=O) groups is 4. The third-order valence-electron chi connectivity index (χ3n) is 6.31. The van der Waals surface area contributed by atoms with E-state index in [1.807, 2.05) is 6.92 Å². The predicted octanol–water partition coefficient (Wildman–Crippen LogP) is 1.62. The Labute approximate surface area is 163 Å². The van der Waals surface area contributed by atoms with Gasteiger partial charge in [-0.2, -0.15) is 5.06 Å². The lowest BCUT2D eigenvalue weighted by molar-refractivity contribution is -0.202. The Morgan fingerprint density at radius 1 is 1.04 bits per heavy atom. The second kappa shape index (κ2) is 7.69. The van der Waals surface area contributed by atoms with Gasteiger partial charge in [-0.25, -0.2) is 9.59 Å². The first-order chi connectivity index (χ1) is 13.5. The minimum Gasteiger partial charge on any atom is -0.328 e. The van der Waals surface area contributed by atoms with Crippen LogP contribution < -0.4 is 0 Å².